The quantitative estimate of drug-likeness (QED) is 0.802. The molecule has 2 aliphatic heterocycles. The molecule has 1 aromatic heterocycles. The van der Waals surface area contributed by atoms with Crippen LogP contribution in [0.3, 0.4) is 0 Å². The Kier molecular flexibility index (Phi) is 7.57. The summed E-state index contributed by atoms with van der Waals surface area (Å²) >= 11 is 0. The van der Waals surface area contributed by atoms with E-state index in [1.807, 2.05) is 12.5 Å². The van der Waals surface area contributed by atoms with Gasteiger partial charge < -0.3 is 15.2 Å². The SMILES string of the molecule is CC[C@@]1(C(=O)NCc2cncn2CC(C)C)C[C@@H]2CC[C@H]1N2.Cl.Cl. The van der Waals surface area contributed by atoms with Gasteiger partial charge in [0, 0.05) is 24.8 Å². The molecule has 2 saturated heterocycles. The van der Waals surface area contributed by atoms with Gasteiger partial charge in [-0.25, -0.2) is 4.98 Å². The third kappa shape index (κ3) is 3.89. The maximum atomic E-state index is 12.8. The van der Waals surface area contributed by atoms with Crippen LogP contribution in [0.25, 0.3) is 0 Å². The molecule has 24 heavy (non-hydrogen) atoms. The molecular formula is C17H30Cl2N4O. The third-order valence-corrected chi connectivity index (χ3v) is 5.39. The van der Waals surface area contributed by atoms with Crippen molar-refractivity contribution in [3.8, 4) is 0 Å². The number of hydrogen-bond acceptors (Lipinski definition) is 3. The smallest absolute Gasteiger partial charge is 0.228 e. The first-order valence-corrected chi connectivity index (χ1v) is 8.58. The summed E-state index contributed by atoms with van der Waals surface area (Å²) in [5.41, 5.74) is 0.885. The van der Waals surface area contributed by atoms with E-state index in [1.165, 1.54) is 6.42 Å². The number of nitrogens with zero attached hydrogens (tertiary/aromatic N) is 2. The van der Waals surface area contributed by atoms with Crippen LogP contribution >= 0.6 is 24.8 Å². The van der Waals surface area contributed by atoms with Gasteiger partial charge in [0.15, 0.2) is 0 Å². The summed E-state index contributed by atoms with van der Waals surface area (Å²) in [5.74, 6) is 0.785. The van der Waals surface area contributed by atoms with Crippen LogP contribution in [0.5, 0.6) is 0 Å². The lowest BCUT2D eigenvalue weighted by atomic mass is 9.71. The molecule has 5 nitrogen and oxygen atoms in total. The topological polar surface area (TPSA) is 59.0 Å². The van der Waals surface area contributed by atoms with E-state index in [0.29, 0.717) is 24.5 Å². The molecule has 138 valence electrons. The molecule has 1 aromatic rings. The summed E-state index contributed by atoms with van der Waals surface area (Å²) in [4.78, 5) is 17.1. The number of hydrogen-bond donors (Lipinski definition) is 2. The highest BCUT2D eigenvalue weighted by Crippen LogP contribution is 2.45. The first-order chi connectivity index (χ1) is 10.5. The highest BCUT2D eigenvalue weighted by molar-refractivity contribution is 5.85. The minimum absolute atomic E-state index is 0. The summed E-state index contributed by atoms with van der Waals surface area (Å²) in [7, 11) is 0. The fourth-order valence-corrected chi connectivity index (χ4v) is 4.20. The van der Waals surface area contributed by atoms with E-state index in [1.54, 1.807) is 0 Å². The lowest BCUT2D eigenvalue weighted by Gasteiger charge is -2.34. The van der Waals surface area contributed by atoms with Gasteiger partial charge in [0.2, 0.25) is 5.91 Å². The second-order valence-electron chi connectivity index (χ2n) is 7.32. The summed E-state index contributed by atoms with van der Waals surface area (Å²) < 4.78 is 2.14. The predicted octanol–water partition coefficient (Wildman–Crippen LogP) is 2.92. The molecule has 0 radical (unpaired) electrons. The van der Waals surface area contributed by atoms with Crippen molar-refractivity contribution in [2.24, 2.45) is 11.3 Å². The monoisotopic (exact) mass is 376 g/mol. The fourth-order valence-electron chi connectivity index (χ4n) is 4.20. The second kappa shape index (κ2) is 8.54. The number of nitrogens with one attached hydrogen (secondary N) is 2. The van der Waals surface area contributed by atoms with Gasteiger partial charge in [-0.05, 0) is 31.6 Å². The number of carbonyl (C=O) groups excluding carboxylic acids is 1. The molecule has 2 fully saturated rings. The van der Waals surface area contributed by atoms with Crippen molar-refractivity contribution < 1.29 is 4.79 Å². The zero-order valence-corrected chi connectivity index (χ0v) is 16.4. The van der Waals surface area contributed by atoms with Crippen molar-refractivity contribution in [3.05, 3.63) is 18.2 Å². The average molecular weight is 377 g/mol. The maximum absolute atomic E-state index is 12.8. The molecular weight excluding hydrogens is 347 g/mol. The van der Waals surface area contributed by atoms with Gasteiger partial charge in [0.05, 0.1) is 24.0 Å². The van der Waals surface area contributed by atoms with Crippen molar-refractivity contribution in [2.75, 3.05) is 0 Å². The lowest BCUT2D eigenvalue weighted by molar-refractivity contribution is -0.132. The van der Waals surface area contributed by atoms with Gasteiger partial charge in [0.1, 0.15) is 0 Å². The van der Waals surface area contributed by atoms with Gasteiger partial charge in [0.25, 0.3) is 0 Å². The molecule has 3 atom stereocenters. The summed E-state index contributed by atoms with van der Waals surface area (Å²) in [5, 5.41) is 6.78. The van der Waals surface area contributed by atoms with Crippen LogP contribution in [0.4, 0.5) is 0 Å². The number of imidazole rings is 1. The molecule has 0 spiro atoms. The Bertz CT molecular complexity index is 548. The van der Waals surface area contributed by atoms with Crippen LogP contribution in [-0.4, -0.2) is 27.5 Å². The molecule has 3 heterocycles. The number of aromatic nitrogens is 2. The lowest BCUT2D eigenvalue weighted by Crippen LogP contribution is -2.48. The first-order valence-electron chi connectivity index (χ1n) is 8.58. The van der Waals surface area contributed by atoms with E-state index < -0.39 is 0 Å². The van der Waals surface area contributed by atoms with E-state index in [0.717, 1.165) is 31.5 Å². The average Bonchev–Trinajstić information content (AvgIpc) is 3.19. The van der Waals surface area contributed by atoms with E-state index in [4.69, 9.17) is 0 Å². The number of halogens is 2. The Hall–Kier alpha value is -0.780. The minimum atomic E-state index is -0.203. The Morgan fingerprint density at radius 2 is 2.21 bits per heavy atom. The van der Waals surface area contributed by atoms with Gasteiger partial charge in [-0.2, -0.15) is 0 Å². The zero-order chi connectivity index (χ0) is 15.7. The molecule has 3 rings (SSSR count). The van der Waals surface area contributed by atoms with Crippen LogP contribution in [0.15, 0.2) is 12.5 Å². The van der Waals surface area contributed by atoms with Crippen molar-refractivity contribution in [1.29, 1.82) is 0 Å². The van der Waals surface area contributed by atoms with Crippen LogP contribution in [0.2, 0.25) is 0 Å². The van der Waals surface area contributed by atoms with Gasteiger partial charge in [-0.1, -0.05) is 20.8 Å². The van der Waals surface area contributed by atoms with Crippen molar-refractivity contribution >= 4 is 30.7 Å². The first kappa shape index (κ1) is 21.3. The fraction of sp³-hybridized carbons (Fsp3) is 0.765. The van der Waals surface area contributed by atoms with Crippen LogP contribution in [0.1, 0.15) is 52.1 Å². The highest BCUT2D eigenvalue weighted by Gasteiger charge is 2.54. The predicted molar refractivity (Wildman–Crippen MR) is 101 cm³/mol. The van der Waals surface area contributed by atoms with E-state index in [2.05, 4.69) is 41.0 Å². The van der Waals surface area contributed by atoms with Crippen molar-refractivity contribution in [3.63, 3.8) is 0 Å². The third-order valence-electron chi connectivity index (χ3n) is 5.39. The maximum Gasteiger partial charge on any atom is 0.228 e. The number of rotatable bonds is 6. The molecule has 2 aliphatic rings. The number of amides is 1. The zero-order valence-electron chi connectivity index (χ0n) is 14.7. The minimum Gasteiger partial charge on any atom is -0.350 e. The van der Waals surface area contributed by atoms with Crippen LogP contribution < -0.4 is 10.6 Å². The van der Waals surface area contributed by atoms with Crippen molar-refractivity contribution in [2.45, 2.75) is 71.6 Å². The molecule has 0 saturated carbocycles. The Labute approximate surface area is 157 Å². The van der Waals surface area contributed by atoms with Gasteiger partial charge in [-0.15, -0.1) is 24.8 Å². The molecule has 7 heteroatoms. The van der Waals surface area contributed by atoms with E-state index in [9.17, 15) is 4.79 Å². The molecule has 1 amide bonds. The Morgan fingerprint density at radius 1 is 1.46 bits per heavy atom. The summed E-state index contributed by atoms with van der Waals surface area (Å²) in [6.45, 7) is 8.04. The molecule has 2 N–H and O–H groups in total. The molecule has 0 unspecified atom stereocenters. The van der Waals surface area contributed by atoms with Crippen LogP contribution in [-0.2, 0) is 17.9 Å². The summed E-state index contributed by atoms with van der Waals surface area (Å²) in [6, 6.07) is 0.908. The molecule has 0 aromatic carbocycles. The standard InChI is InChI=1S/C17H28N4O.2ClH/c1-4-17(7-13-5-6-15(17)20-13)16(22)19-9-14-8-18-11-21(14)10-12(2)3;;/h8,11-13,15,20H,4-7,9-10H2,1-3H3,(H,19,22);2*1H/t13-,15+,17+;;/m0../s1. The van der Waals surface area contributed by atoms with Crippen LogP contribution in [0, 0.1) is 11.3 Å². The largest absolute Gasteiger partial charge is 0.350 e. The highest BCUT2D eigenvalue weighted by atomic mass is 35.5. The second-order valence-corrected chi connectivity index (χ2v) is 7.32. The van der Waals surface area contributed by atoms with Gasteiger partial charge in [-0.3, -0.25) is 4.79 Å². The normalized spacial score (nSPS) is 27.7. The van der Waals surface area contributed by atoms with E-state index in [-0.39, 0.29) is 36.1 Å². The molecule has 2 bridgehead atoms. The molecule has 0 aliphatic carbocycles. The van der Waals surface area contributed by atoms with Gasteiger partial charge >= 0.3 is 0 Å². The Balaban J connectivity index is 0.00000144. The number of carbonyl (C=O) groups is 1. The number of fused-ring (bicyclic) bond motifs is 2. The van der Waals surface area contributed by atoms with E-state index >= 15 is 0 Å². The Morgan fingerprint density at radius 3 is 2.75 bits per heavy atom. The van der Waals surface area contributed by atoms with Crippen molar-refractivity contribution in [1.82, 2.24) is 20.2 Å². The summed E-state index contributed by atoms with van der Waals surface area (Å²) in [6.07, 6.45) is 7.98.